The molecule has 1 heterocycles. The quantitative estimate of drug-likeness (QED) is 0.583. The summed E-state index contributed by atoms with van der Waals surface area (Å²) in [7, 11) is 0. The maximum absolute atomic E-state index is 11.2. The Bertz CT molecular complexity index is 314. The standard InChI is InChI=1S/C12H19NO2S2/c1-2-15-12(14)11(13)5-8-16-6-3-10-4-7-17-9-10/h4,7,9,11H,2-3,5-6,8,13H2,1H3. The largest absolute Gasteiger partial charge is 0.465 e. The minimum Gasteiger partial charge on any atom is -0.465 e. The van der Waals surface area contributed by atoms with Crippen molar-refractivity contribution >= 4 is 29.1 Å². The zero-order valence-corrected chi connectivity index (χ0v) is 11.7. The molecule has 0 saturated heterocycles. The van der Waals surface area contributed by atoms with Gasteiger partial charge in [-0.05, 0) is 53.7 Å². The topological polar surface area (TPSA) is 52.3 Å². The van der Waals surface area contributed by atoms with E-state index in [0.717, 1.165) is 17.9 Å². The van der Waals surface area contributed by atoms with Crippen LogP contribution in [0.25, 0.3) is 0 Å². The summed E-state index contributed by atoms with van der Waals surface area (Å²) in [5.74, 6) is 1.70. The van der Waals surface area contributed by atoms with E-state index in [9.17, 15) is 4.79 Å². The number of thioether (sulfide) groups is 1. The molecule has 0 fully saturated rings. The third-order valence-corrected chi connectivity index (χ3v) is 4.03. The lowest BCUT2D eigenvalue weighted by Gasteiger charge is -2.09. The first-order valence-corrected chi connectivity index (χ1v) is 7.84. The van der Waals surface area contributed by atoms with E-state index >= 15 is 0 Å². The van der Waals surface area contributed by atoms with E-state index in [-0.39, 0.29) is 5.97 Å². The number of esters is 1. The highest BCUT2D eigenvalue weighted by Crippen LogP contribution is 2.11. The average molecular weight is 273 g/mol. The van der Waals surface area contributed by atoms with Gasteiger partial charge in [0, 0.05) is 0 Å². The third-order valence-electron chi connectivity index (χ3n) is 2.28. The molecule has 1 unspecified atom stereocenters. The number of rotatable bonds is 8. The van der Waals surface area contributed by atoms with Gasteiger partial charge in [0.05, 0.1) is 6.61 Å². The highest BCUT2D eigenvalue weighted by molar-refractivity contribution is 7.99. The van der Waals surface area contributed by atoms with Crippen LogP contribution >= 0.6 is 23.1 Å². The van der Waals surface area contributed by atoms with Crippen molar-refractivity contribution in [3.63, 3.8) is 0 Å². The van der Waals surface area contributed by atoms with Crippen molar-refractivity contribution in [2.75, 3.05) is 18.1 Å². The molecule has 96 valence electrons. The SMILES string of the molecule is CCOC(=O)C(N)CCSCCc1ccsc1. The Hall–Kier alpha value is -0.520. The van der Waals surface area contributed by atoms with Crippen LogP contribution < -0.4 is 5.73 Å². The van der Waals surface area contributed by atoms with Crippen molar-refractivity contribution in [2.45, 2.75) is 25.8 Å². The second kappa shape index (κ2) is 8.55. The van der Waals surface area contributed by atoms with Gasteiger partial charge in [0.25, 0.3) is 0 Å². The number of hydrogen-bond donors (Lipinski definition) is 1. The molecule has 0 aliphatic rings. The van der Waals surface area contributed by atoms with Crippen molar-refractivity contribution in [2.24, 2.45) is 5.73 Å². The molecule has 0 saturated carbocycles. The molecule has 0 bridgehead atoms. The first kappa shape index (κ1) is 14.5. The van der Waals surface area contributed by atoms with Gasteiger partial charge < -0.3 is 10.5 Å². The Balaban J connectivity index is 2.02. The molecule has 0 aromatic carbocycles. The highest BCUT2D eigenvalue weighted by Gasteiger charge is 2.13. The minimum absolute atomic E-state index is 0.286. The summed E-state index contributed by atoms with van der Waals surface area (Å²) >= 11 is 3.56. The van der Waals surface area contributed by atoms with Crippen LogP contribution in [0.5, 0.6) is 0 Å². The van der Waals surface area contributed by atoms with Crippen LogP contribution in [0.2, 0.25) is 0 Å². The molecule has 3 nitrogen and oxygen atoms in total. The van der Waals surface area contributed by atoms with Gasteiger partial charge in [0.15, 0.2) is 0 Å². The monoisotopic (exact) mass is 273 g/mol. The molecule has 1 aromatic heterocycles. The number of aryl methyl sites for hydroxylation is 1. The minimum atomic E-state index is -0.469. The second-order valence-corrected chi connectivity index (χ2v) is 5.65. The molecule has 5 heteroatoms. The molecule has 0 aliphatic heterocycles. The van der Waals surface area contributed by atoms with Gasteiger partial charge in [0.2, 0.25) is 0 Å². The van der Waals surface area contributed by atoms with Crippen molar-refractivity contribution < 1.29 is 9.53 Å². The number of hydrogen-bond acceptors (Lipinski definition) is 5. The zero-order chi connectivity index (χ0) is 12.5. The normalized spacial score (nSPS) is 12.4. The molecule has 17 heavy (non-hydrogen) atoms. The number of carbonyl (C=O) groups excluding carboxylic acids is 1. The van der Waals surface area contributed by atoms with Gasteiger partial charge in [-0.25, -0.2) is 0 Å². The summed E-state index contributed by atoms with van der Waals surface area (Å²) in [5.41, 5.74) is 7.08. The molecule has 0 spiro atoms. The second-order valence-electron chi connectivity index (χ2n) is 3.64. The zero-order valence-electron chi connectivity index (χ0n) is 10.1. The van der Waals surface area contributed by atoms with E-state index in [1.165, 1.54) is 5.56 Å². The lowest BCUT2D eigenvalue weighted by molar-refractivity contribution is -0.144. The first-order chi connectivity index (χ1) is 8.24. The number of carbonyl (C=O) groups is 1. The Kier molecular flexibility index (Phi) is 7.32. The predicted octanol–water partition coefficient (Wildman–Crippen LogP) is 2.30. The molecule has 0 radical (unpaired) electrons. The van der Waals surface area contributed by atoms with E-state index in [1.807, 2.05) is 11.8 Å². The van der Waals surface area contributed by atoms with Gasteiger partial charge in [-0.15, -0.1) is 0 Å². The van der Waals surface area contributed by atoms with Gasteiger partial charge in [-0.2, -0.15) is 23.1 Å². The Morgan fingerprint density at radius 3 is 3.06 bits per heavy atom. The van der Waals surface area contributed by atoms with Gasteiger partial charge >= 0.3 is 5.97 Å². The van der Waals surface area contributed by atoms with Crippen LogP contribution in [0.1, 0.15) is 18.9 Å². The maximum atomic E-state index is 11.2. The Labute approximate surface area is 111 Å². The molecule has 2 N–H and O–H groups in total. The number of ether oxygens (including phenoxy) is 1. The highest BCUT2D eigenvalue weighted by atomic mass is 32.2. The lowest BCUT2D eigenvalue weighted by Crippen LogP contribution is -2.32. The molecule has 0 aliphatic carbocycles. The molecule has 1 atom stereocenters. The Morgan fingerprint density at radius 1 is 1.59 bits per heavy atom. The van der Waals surface area contributed by atoms with E-state index in [2.05, 4.69) is 16.8 Å². The van der Waals surface area contributed by atoms with Crippen LogP contribution in [0.4, 0.5) is 0 Å². The smallest absolute Gasteiger partial charge is 0.322 e. The van der Waals surface area contributed by atoms with Crippen LogP contribution in [-0.2, 0) is 16.0 Å². The summed E-state index contributed by atoms with van der Waals surface area (Å²) in [6.45, 7) is 2.19. The van der Waals surface area contributed by atoms with E-state index < -0.39 is 6.04 Å². The van der Waals surface area contributed by atoms with Crippen LogP contribution in [0, 0.1) is 0 Å². The van der Waals surface area contributed by atoms with Gasteiger partial charge in [-0.3, -0.25) is 4.79 Å². The molecular formula is C12H19NO2S2. The van der Waals surface area contributed by atoms with E-state index in [0.29, 0.717) is 13.0 Å². The molecular weight excluding hydrogens is 254 g/mol. The van der Waals surface area contributed by atoms with Crippen LogP contribution in [-0.4, -0.2) is 30.1 Å². The van der Waals surface area contributed by atoms with Crippen molar-refractivity contribution in [3.05, 3.63) is 22.4 Å². The third kappa shape index (κ3) is 6.10. The molecule has 1 rings (SSSR count). The van der Waals surface area contributed by atoms with E-state index in [1.54, 1.807) is 18.3 Å². The van der Waals surface area contributed by atoms with Crippen LogP contribution in [0.15, 0.2) is 16.8 Å². The summed E-state index contributed by atoms with van der Waals surface area (Å²) in [5, 5.41) is 4.27. The average Bonchev–Trinajstić information content (AvgIpc) is 2.81. The predicted molar refractivity (Wildman–Crippen MR) is 74.6 cm³/mol. The van der Waals surface area contributed by atoms with Crippen molar-refractivity contribution in [1.29, 1.82) is 0 Å². The fourth-order valence-corrected chi connectivity index (χ4v) is 3.01. The van der Waals surface area contributed by atoms with Gasteiger partial charge in [0.1, 0.15) is 6.04 Å². The summed E-state index contributed by atoms with van der Waals surface area (Å²) < 4.78 is 4.85. The van der Waals surface area contributed by atoms with Crippen LogP contribution in [0.3, 0.4) is 0 Å². The lowest BCUT2D eigenvalue weighted by atomic mass is 10.2. The summed E-state index contributed by atoms with van der Waals surface area (Å²) in [6.07, 6.45) is 1.77. The Morgan fingerprint density at radius 2 is 2.41 bits per heavy atom. The molecule has 1 aromatic rings. The number of thiophene rings is 1. The fraction of sp³-hybridized carbons (Fsp3) is 0.583. The van der Waals surface area contributed by atoms with Gasteiger partial charge in [-0.1, -0.05) is 0 Å². The fourth-order valence-electron chi connectivity index (χ4n) is 1.30. The van der Waals surface area contributed by atoms with E-state index in [4.69, 9.17) is 10.5 Å². The maximum Gasteiger partial charge on any atom is 0.322 e. The first-order valence-electron chi connectivity index (χ1n) is 5.75. The summed E-state index contributed by atoms with van der Waals surface area (Å²) in [6, 6.07) is 1.68. The van der Waals surface area contributed by atoms with Crippen molar-refractivity contribution in [3.8, 4) is 0 Å². The number of nitrogens with two attached hydrogens (primary N) is 1. The molecule has 0 amide bonds. The summed E-state index contributed by atoms with van der Waals surface area (Å²) in [4.78, 5) is 11.2. The van der Waals surface area contributed by atoms with Crippen molar-refractivity contribution in [1.82, 2.24) is 0 Å².